The Morgan fingerprint density at radius 3 is 2.13 bits per heavy atom. The highest BCUT2D eigenvalue weighted by atomic mass is 16.6. The van der Waals surface area contributed by atoms with Crippen molar-refractivity contribution in [1.29, 1.82) is 0 Å². The van der Waals surface area contributed by atoms with Gasteiger partial charge in [-0.15, -0.1) is 0 Å². The van der Waals surface area contributed by atoms with Crippen LogP contribution >= 0.6 is 0 Å². The lowest BCUT2D eigenvalue weighted by Gasteiger charge is -2.11. The van der Waals surface area contributed by atoms with Gasteiger partial charge in [0, 0.05) is 29.2 Å². The molecule has 1 aromatic heterocycles. The maximum Gasteiger partial charge on any atom is 0.303 e. The molecule has 0 fully saturated rings. The topological polar surface area (TPSA) is 119 Å². The van der Waals surface area contributed by atoms with E-state index in [1.807, 2.05) is 0 Å². The van der Waals surface area contributed by atoms with Crippen molar-refractivity contribution in [2.75, 3.05) is 0 Å². The molecule has 0 radical (unpaired) electrons. The largest absolute Gasteiger partial charge is 0.507 e. The van der Waals surface area contributed by atoms with E-state index in [0.29, 0.717) is 16.6 Å². The molecule has 152 valence electrons. The minimum Gasteiger partial charge on any atom is -0.507 e. The van der Waals surface area contributed by atoms with Gasteiger partial charge in [0.15, 0.2) is 0 Å². The number of fused-ring (bicyclic) bond motifs is 1. The van der Waals surface area contributed by atoms with Gasteiger partial charge in [0.1, 0.15) is 11.5 Å². The van der Waals surface area contributed by atoms with Gasteiger partial charge < -0.3 is 5.11 Å². The fourth-order valence-corrected chi connectivity index (χ4v) is 3.38. The second-order valence-electron chi connectivity index (χ2n) is 6.70. The normalized spacial score (nSPS) is 11.4. The number of aromatic nitrogens is 1. The smallest absolute Gasteiger partial charge is 0.303 e. The van der Waals surface area contributed by atoms with Gasteiger partial charge in [0.2, 0.25) is 0 Å². The Morgan fingerprint density at radius 2 is 1.52 bits per heavy atom. The van der Waals surface area contributed by atoms with Crippen LogP contribution in [0.2, 0.25) is 0 Å². The number of aliphatic hydroxyl groups excluding tert-OH is 1. The molecule has 0 aliphatic rings. The molecule has 0 atom stereocenters. The van der Waals surface area contributed by atoms with E-state index in [2.05, 4.69) is 4.98 Å². The highest BCUT2D eigenvalue weighted by Crippen LogP contribution is 2.40. The number of pyridine rings is 1. The molecule has 0 saturated carbocycles. The third-order valence-electron chi connectivity index (χ3n) is 4.77. The summed E-state index contributed by atoms with van der Waals surface area (Å²) in [5.74, 6) is -0.184. The van der Waals surface area contributed by atoms with E-state index in [1.54, 1.807) is 60.7 Å². The van der Waals surface area contributed by atoms with Crippen LogP contribution in [0.25, 0.3) is 33.9 Å². The van der Waals surface area contributed by atoms with Crippen molar-refractivity contribution in [1.82, 2.24) is 4.98 Å². The average Bonchev–Trinajstić information content (AvgIpc) is 2.78. The predicted molar refractivity (Wildman–Crippen MR) is 117 cm³/mol. The molecule has 0 aliphatic carbocycles. The first-order valence-corrected chi connectivity index (χ1v) is 9.24. The summed E-state index contributed by atoms with van der Waals surface area (Å²) in [5.41, 5.74) is 0.928. The van der Waals surface area contributed by atoms with E-state index >= 15 is 0 Å². The summed E-state index contributed by atoms with van der Waals surface area (Å²) in [6, 6.07) is 21.2. The molecule has 0 spiro atoms. The van der Waals surface area contributed by atoms with Gasteiger partial charge in [0.25, 0.3) is 5.69 Å². The van der Waals surface area contributed by atoms with E-state index in [4.69, 9.17) is 0 Å². The van der Waals surface area contributed by atoms with Crippen molar-refractivity contribution >= 4 is 34.1 Å². The number of non-ortho nitro benzene ring substituents is 1. The first kappa shape index (κ1) is 19.7. The molecule has 31 heavy (non-hydrogen) atoms. The summed E-state index contributed by atoms with van der Waals surface area (Å²) in [7, 11) is 0. The molecule has 8 nitrogen and oxygen atoms in total. The Kier molecular flexibility index (Phi) is 5.11. The number of benzene rings is 3. The van der Waals surface area contributed by atoms with Crippen molar-refractivity contribution in [2.45, 2.75) is 0 Å². The number of rotatable bonds is 5. The summed E-state index contributed by atoms with van der Waals surface area (Å²) in [6.07, 6.45) is 1.24. The standard InChI is InChI=1S/C23H15N3O5/c27-21(15-7-3-1-4-8-15)14-20-23(26(30)31)22(16-9-5-2-6-10-16)18-13-17(25(28)29)11-12-19(18)24-20/h1-14,27H/b21-14-. The van der Waals surface area contributed by atoms with E-state index in [0.717, 1.165) is 0 Å². The van der Waals surface area contributed by atoms with Crippen LogP contribution in [-0.4, -0.2) is 19.9 Å². The minimum absolute atomic E-state index is 0.0495. The molecular formula is C23H15N3O5. The molecule has 1 N–H and O–H groups in total. The third-order valence-corrected chi connectivity index (χ3v) is 4.77. The predicted octanol–water partition coefficient (Wildman–Crippen LogP) is 5.77. The zero-order valence-corrected chi connectivity index (χ0v) is 16.0. The number of hydrogen-bond donors (Lipinski definition) is 1. The highest BCUT2D eigenvalue weighted by molar-refractivity contribution is 6.02. The number of nitro benzene ring substituents is 1. The number of nitrogens with zero attached hydrogens (tertiary/aromatic N) is 3. The van der Waals surface area contributed by atoms with Crippen LogP contribution in [0.15, 0.2) is 78.9 Å². The van der Waals surface area contributed by atoms with E-state index < -0.39 is 9.85 Å². The Labute approximate surface area is 176 Å². The van der Waals surface area contributed by atoms with Gasteiger partial charge in [-0.2, -0.15) is 0 Å². The van der Waals surface area contributed by atoms with E-state index in [9.17, 15) is 25.3 Å². The van der Waals surface area contributed by atoms with Gasteiger partial charge in [-0.25, -0.2) is 4.98 Å². The Morgan fingerprint density at radius 1 is 0.871 bits per heavy atom. The Hall–Kier alpha value is -4.59. The first-order valence-electron chi connectivity index (χ1n) is 9.24. The van der Waals surface area contributed by atoms with Crippen LogP contribution in [0.5, 0.6) is 0 Å². The number of nitro groups is 2. The first-order chi connectivity index (χ1) is 15.0. The molecule has 1 heterocycles. The molecule has 0 unspecified atom stereocenters. The van der Waals surface area contributed by atoms with Crippen LogP contribution in [0.4, 0.5) is 11.4 Å². The maximum atomic E-state index is 12.1. The van der Waals surface area contributed by atoms with Gasteiger partial charge in [-0.05, 0) is 11.6 Å². The number of aliphatic hydroxyl groups is 1. The van der Waals surface area contributed by atoms with Crippen LogP contribution < -0.4 is 0 Å². The molecule has 0 bridgehead atoms. The lowest BCUT2D eigenvalue weighted by Crippen LogP contribution is -2.01. The van der Waals surface area contributed by atoms with Crippen molar-refractivity contribution in [3.05, 3.63) is 110 Å². The van der Waals surface area contributed by atoms with Crippen molar-refractivity contribution in [2.24, 2.45) is 0 Å². The minimum atomic E-state index is -0.586. The summed E-state index contributed by atoms with van der Waals surface area (Å²) in [6.45, 7) is 0. The molecule has 0 amide bonds. The molecule has 3 aromatic carbocycles. The molecule has 4 aromatic rings. The van der Waals surface area contributed by atoms with Gasteiger partial charge in [-0.3, -0.25) is 20.2 Å². The molecule has 0 saturated heterocycles. The van der Waals surface area contributed by atoms with Gasteiger partial charge in [-0.1, -0.05) is 60.7 Å². The quantitative estimate of drug-likeness (QED) is 0.252. The molecular weight excluding hydrogens is 398 g/mol. The fourth-order valence-electron chi connectivity index (χ4n) is 3.38. The fraction of sp³-hybridized carbons (Fsp3) is 0. The van der Waals surface area contributed by atoms with Crippen molar-refractivity contribution in [3.8, 4) is 11.1 Å². The Balaban J connectivity index is 2.08. The zero-order valence-electron chi connectivity index (χ0n) is 16.0. The monoisotopic (exact) mass is 413 g/mol. The molecule has 0 aliphatic heterocycles. The van der Waals surface area contributed by atoms with Crippen LogP contribution in [0, 0.1) is 20.2 Å². The maximum absolute atomic E-state index is 12.1. The second-order valence-corrected chi connectivity index (χ2v) is 6.70. The molecule has 4 rings (SSSR count). The average molecular weight is 413 g/mol. The van der Waals surface area contributed by atoms with E-state index in [1.165, 1.54) is 24.3 Å². The van der Waals surface area contributed by atoms with Gasteiger partial charge >= 0.3 is 5.69 Å². The van der Waals surface area contributed by atoms with Crippen LogP contribution in [-0.2, 0) is 0 Å². The zero-order chi connectivity index (χ0) is 22.0. The second kappa shape index (κ2) is 8.03. The van der Waals surface area contributed by atoms with Crippen LogP contribution in [0.1, 0.15) is 11.3 Å². The van der Waals surface area contributed by atoms with Crippen LogP contribution in [0.3, 0.4) is 0 Å². The third kappa shape index (κ3) is 3.82. The summed E-state index contributed by atoms with van der Waals surface area (Å²) in [4.78, 5) is 26.6. The lowest BCUT2D eigenvalue weighted by molar-refractivity contribution is -0.385. The van der Waals surface area contributed by atoms with Crippen molar-refractivity contribution < 1.29 is 15.0 Å². The SMILES string of the molecule is O=[N+]([O-])c1ccc2nc(/C=C(\O)c3ccccc3)c([N+](=O)[O-])c(-c3ccccc3)c2c1. The summed E-state index contributed by atoms with van der Waals surface area (Å²) >= 11 is 0. The van der Waals surface area contributed by atoms with E-state index in [-0.39, 0.29) is 33.8 Å². The summed E-state index contributed by atoms with van der Waals surface area (Å²) in [5, 5.41) is 34.2. The number of hydrogen-bond acceptors (Lipinski definition) is 6. The highest BCUT2D eigenvalue weighted by Gasteiger charge is 2.26. The lowest BCUT2D eigenvalue weighted by atomic mass is 9.97. The Bertz CT molecular complexity index is 1340. The molecule has 8 heteroatoms. The van der Waals surface area contributed by atoms with Crippen molar-refractivity contribution in [3.63, 3.8) is 0 Å². The summed E-state index contributed by atoms with van der Waals surface area (Å²) < 4.78 is 0. The van der Waals surface area contributed by atoms with Gasteiger partial charge in [0.05, 0.1) is 20.9 Å².